The first-order valence-electron chi connectivity index (χ1n) is 12.9. The van der Waals surface area contributed by atoms with Crippen LogP contribution in [0, 0.1) is 15.9 Å². The Morgan fingerprint density at radius 1 is 1.17 bits per heavy atom. The molecule has 0 radical (unpaired) electrons. The lowest BCUT2D eigenvalue weighted by Gasteiger charge is -2.27. The molecule has 3 aromatic heterocycles. The van der Waals surface area contributed by atoms with Crippen LogP contribution in [-0.4, -0.2) is 56.3 Å². The zero-order valence-electron chi connectivity index (χ0n) is 24.1. The van der Waals surface area contributed by atoms with Crippen molar-refractivity contribution in [1.29, 1.82) is 0 Å². The van der Waals surface area contributed by atoms with E-state index in [2.05, 4.69) is 9.97 Å². The number of pyridine rings is 1. The molecule has 220 valence electrons. The first-order valence-corrected chi connectivity index (χ1v) is 13.8. The number of benzene rings is 1. The van der Waals surface area contributed by atoms with Gasteiger partial charge >= 0.3 is 6.09 Å². The van der Waals surface area contributed by atoms with Crippen molar-refractivity contribution in [2.45, 2.75) is 46.8 Å². The lowest BCUT2D eigenvalue weighted by Crippen LogP contribution is -2.38. The number of ether oxygens (including phenoxy) is 3. The highest BCUT2D eigenvalue weighted by atomic mass is 32.1. The monoisotopic (exact) mass is 587 g/mol. The van der Waals surface area contributed by atoms with Crippen LogP contribution < -0.4 is 4.74 Å². The van der Waals surface area contributed by atoms with Gasteiger partial charge in [0, 0.05) is 39.0 Å². The van der Waals surface area contributed by atoms with E-state index in [1.807, 2.05) is 52.3 Å². The SMILES string of the molecule is CC.COCCN(Cc1cnc(-c2cc3nccc(Oc4ccc([N+](=O)[O-])cc4F)c3s2)n1C)C(=O)OC(C)(C)C. The second kappa shape index (κ2) is 13.5. The third-order valence-corrected chi connectivity index (χ3v) is 6.73. The number of carbonyl (C=O) groups is 1. The molecule has 0 spiro atoms. The van der Waals surface area contributed by atoms with Crippen LogP contribution in [0.25, 0.3) is 20.9 Å². The number of hydrogen-bond acceptors (Lipinski definition) is 9. The zero-order chi connectivity index (χ0) is 30.3. The van der Waals surface area contributed by atoms with Crippen molar-refractivity contribution in [3.05, 3.63) is 64.4 Å². The fraction of sp³-hybridized carbons (Fsp3) is 0.393. The molecule has 4 rings (SSSR count). The van der Waals surface area contributed by atoms with Crippen LogP contribution in [0.1, 0.15) is 40.3 Å². The number of non-ortho nitro benzene ring substituents is 1. The number of imidazole rings is 1. The van der Waals surface area contributed by atoms with Crippen LogP contribution in [0.15, 0.2) is 42.7 Å². The molecule has 0 fully saturated rings. The Balaban J connectivity index is 0.00000226. The van der Waals surface area contributed by atoms with Gasteiger partial charge in [0.25, 0.3) is 5.69 Å². The van der Waals surface area contributed by atoms with Gasteiger partial charge in [-0.05, 0) is 32.9 Å². The van der Waals surface area contributed by atoms with E-state index in [-0.39, 0.29) is 18.0 Å². The van der Waals surface area contributed by atoms with Crippen LogP contribution in [-0.2, 0) is 23.1 Å². The summed E-state index contributed by atoms with van der Waals surface area (Å²) in [6, 6.07) is 6.66. The van der Waals surface area contributed by atoms with Gasteiger partial charge < -0.3 is 23.7 Å². The van der Waals surface area contributed by atoms with Crippen LogP contribution in [0.3, 0.4) is 0 Å². The number of halogens is 1. The molecule has 11 nitrogen and oxygen atoms in total. The standard InChI is InChI=1S/C26H28FN5O6S.C2H6/c1-26(2,3)38-25(33)31(10-11-36-5)15-17-14-29-24(30(17)4)22-13-19-23(39-22)21(8-9-28-19)37-20-7-6-16(32(34)35)12-18(20)27;1-2/h6-9,12-14H,10-11,15H2,1-5H3;1-2H3. The van der Waals surface area contributed by atoms with Crippen molar-refractivity contribution in [2.75, 3.05) is 20.3 Å². The van der Waals surface area contributed by atoms with Gasteiger partial charge in [-0.15, -0.1) is 11.3 Å². The van der Waals surface area contributed by atoms with Crippen molar-refractivity contribution < 1.29 is 28.3 Å². The zero-order valence-corrected chi connectivity index (χ0v) is 25.0. The number of rotatable bonds is 9. The van der Waals surface area contributed by atoms with E-state index >= 15 is 0 Å². The number of methoxy groups -OCH3 is 1. The number of amides is 1. The lowest BCUT2D eigenvalue weighted by atomic mass is 10.2. The average molecular weight is 588 g/mol. The third kappa shape index (κ3) is 7.76. The summed E-state index contributed by atoms with van der Waals surface area (Å²) < 4.78 is 33.5. The first kappa shape index (κ1) is 31.4. The maximum atomic E-state index is 14.5. The Morgan fingerprint density at radius 3 is 2.54 bits per heavy atom. The molecule has 3 heterocycles. The van der Waals surface area contributed by atoms with Crippen molar-refractivity contribution in [3.63, 3.8) is 0 Å². The molecule has 0 aliphatic rings. The second-order valence-electron chi connectivity index (χ2n) is 9.63. The molecular weight excluding hydrogens is 553 g/mol. The van der Waals surface area contributed by atoms with Crippen molar-refractivity contribution in [1.82, 2.24) is 19.4 Å². The van der Waals surface area contributed by atoms with Crippen molar-refractivity contribution in [2.24, 2.45) is 7.05 Å². The third-order valence-electron chi connectivity index (χ3n) is 5.60. The fourth-order valence-electron chi connectivity index (χ4n) is 3.69. The lowest BCUT2D eigenvalue weighted by molar-refractivity contribution is -0.385. The van der Waals surface area contributed by atoms with Crippen molar-refractivity contribution in [3.8, 4) is 22.2 Å². The topological polar surface area (TPSA) is 122 Å². The molecule has 41 heavy (non-hydrogen) atoms. The molecule has 0 bridgehead atoms. The summed E-state index contributed by atoms with van der Waals surface area (Å²) in [5.41, 5.74) is 0.397. The highest BCUT2D eigenvalue weighted by Gasteiger charge is 2.24. The number of thiophene rings is 1. The number of nitro groups is 1. The Bertz CT molecular complexity index is 1510. The Labute approximate surface area is 241 Å². The maximum Gasteiger partial charge on any atom is 0.410 e. The molecule has 0 aliphatic carbocycles. The van der Waals surface area contributed by atoms with Gasteiger partial charge in [0.2, 0.25) is 0 Å². The molecule has 0 aliphatic heterocycles. The van der Waals surface area contributed by atoms with Gasteiger partial charge in [-0.2, -0.15) is 0 Å². The smallest absolute Gasteiger partial charge is 0.410 e. The van der Waals surface area contributed by atoms with Gasteiger partial charge in [-0.1, -0.05) is 13.8 Å². The Hall–Kier alpha value is -4.10. The van der Waals surface area contributed by atoms with Crippen LogP contribution >= 0.6 is 11.3 Å². The molecule has 0 unspecified atom stereocenters. The molecule has 0 N–H and O–H groups in total. The molecule has 13 heteroatoms. The minimum Gasteiger partial charge on any atom is -0.453 e. The summed E-state index contributed by atoms with van der Waals surface area (Å²) in [5.74, 6) is 0.0220. The minimum absolute atomic E-state index is 0.138. The summed E-state index contributed by atoms with van der Waals surface area (Å²) in [4.78, 5) is 34.3. The van der Waals surface area contributed by atoms with Crippen LogP contribution in [0.4, 0.5) is 14.9 Å². The summed E-state index contributed by atoms with van der Waals surface area (Å²) in [5, 5.41) is 10.9. The number of hydrogen-bond donors (Lipinski definition) is 0. The van der Waals surface area contributed by atoms with Gasteiger partial charge in [0.1, 0.15) is 17.2 Å². The fourth-order valence-corrected chi connectivity index (χ4v) is 4.79. The van der Waals surface area contributed by atoms with Gasteiger partial charge in [-0.3, -0.25) is 15.1 Å². The predicted octanol–water partition coefficient (Wildman–Crippen LogP) is 6.95. The average Bonchev–Trinajstić information content (AvgIpc) is 3.51. The summed E-state index contributed by atoms with van der Waals surface area (Å²) in [7, 11) is 3.42. The Kier molecular flexibility index (Phi) is 10.4. The molecular formula is C28H34FN5O6S. The summed E-state index contributed by atoms with van der Waals surface area (Å²) in [6.07, 6.45) is 2.78. The molecule has 4 aromatic rings. The Morgan fingerprint density at radius 2 is 1.90 bits per heavy atom. The van der Waals surface area contributed by atoms with E-state index in [0.717, 1.165) is 16.6 Å². The van der Waals surface area contributed by atoms with Gasteiger partial charge in [-0.25, -0.2) is 14.2 Å². The molecule has 0 saturated carbocycles. The number of nitrogens with zero attached hydrogens (tertiary/aromatic N) is 5. The van der Waals surface area contributed by atoms with E-state index in [9.17, 15) is 19.3 Å². The number of carbonyl (C=O) groups excluding carboxylic acids is 1. The van der Waals surface area contributed by atoms with E-state index in [1.54, 1.807) is 24.3 Å². The van der Waals surface area contributed by atoms with E-state index in [1.165, 1.54) is 29.7 Å². The summed E-state index contributed by atoms with van der Waals surface area (Å²) in [6.45, 7) is 10.4. The normalized spacial score (nSPS) is 11.1. The van der Waals surface area contributed by atoms with Gasteiger partial charge in [0.05, 0.1) is 51.1 Å². The van der Waals surface area contributed by atoms with Crippen LogP contribution in [0.2, 0.25) is 0 Å². The predicted molar refractivity (Wildman–Crippen MR) is 155 cm³/mol. The van der Waals surface area contributed by atoms with E-state index < -0.39 is 22.4 Å². The molecule has 1 amide bonds. The first-order chi connectivity index (χ1) is 19.5. The quantitative estimate of drug-likeness (QED) is 0.152. The number of fused-ring (bicyclic) bond motifs is 1. The van der Waals surface area contributed by atoms with E-state index in [0.29, 0.717) is 34.9 Å². The van der Waals surface area contributed by atoms with Crippen LogP contribution in [0.5, 0.6) is 11.5 Å². The molecule has 1 aromatic carbocycles. The van der Waals surface area contributed by atoms with E-state index in [4.69, 9.17) is 14.2 Å². The minimum atomic E-state index is -0.845. The highest BCUT2D eigenvalue weighted by molar-refractivity contribution is 7.22. The molecule has 0 atom stereocenters. The maximum absolute atomic E-state index is 14.5. The summed E-state index contributed by atoms with van der Waals surface area (Å²) >= 11 is 1.36. The van der Waals surface area contributed by atoms with Crippen molar-refractivity contribution >= 4 is 33.3 Å². The molecule has 0 saturated heterocycles. The largest absolute Gasteiger partial charge is 0.453 e. The second-order valence-corrected chi connectivity index (χ2v) is 10.7. The number of aromatic nitrogens is 3. The number of nitro benzene ring substituents is 1. The van der Waals surface area contributed by atoms with Gasteiger partial charge in [0.15, 0.2) is 11.6 Å². The highest BCUT2D eigenvalue weighted by Crippen LogP contribution is 2.39.